The Morgan fingerprint density at radius 3 is 2.03 bits per heavy atom. The van der Waals surface area contributed by atoms with Crippen molar-refractivity contribution in [2.75, 3.05) is 29.3 Å². The molecule has 0 saturated carbocycles. The van der Waals surface area contributed by atoms with Crippen LogP contribution in [0.5, 0.6) is 0 Å². The lowest BCUT2D eigenvalue weighted by Crippen LogP contribution is -2.40. The SMILES string of the molecule is O=C(CCl)NNc1cc(C(F)(F)F)c2cc(N(CC(F)(F)F)CC(F)(F)F)ccc2n1. The van der Waals surface area contributed by atoms with Crippen LogP contribution in [0.15, 0.2) is 24.3 Å². The summed E-state index contributed by atoms with van der Waals surface area (Å²) in [5.41, 5.74) is 1.55. The molecule has 0 aliphatic rings. The van der Waals surface area contributed by atoms with E-state index in [1.165, 1.54) is 0 Å². The van der Waals surface area contributed by atoms with Crippen molar-refractivity contribution in [2.45, 2.75) is 18.5 Å². The van der Waals surface area contributed by atoms with E-state index in [-0.39, 0.29) is 10.4 Å². The topological polar surface area (TPSA) is 57.3 Å². The summed E-state index contributed by atoms with van der Waals surface area (Å²) >= 11 is 5.24. The highest BCUT2D eigenvalue weighted by atomic mass is 35.5. The van der Waals surface area contributed by atoms with Crippen LogP contribution in [0, 0.1) is 0 Å². The van der Waals surface area contributed by atoms with E-state index in [2.05, 4.69) is 10.4 Å². The van der Waals surface area contributed by atoms with Crippen molar-refractivity contribution in [1.29, 1.82) is 0 Å². The van der Waals surface area contributed by atoms with Gasteiger partial charge in [0.15, 0.2) is 0 Å². The smallest absolute Gasteiger partial charge is 0.353 e. The summed E-state index contributed by atoms with van der Waals surface area (Å²) < 4.78 is 117. The number of nitrogens with one attached hydrogen (secondary N) is 2. The van der Waals surface area contributed by atoms with Gasteiger partial charge in [0.05, 0.1) is 11.1 Å². The Balaban J connectivity index is 2.57. The predicted octanol–water partition coefficient (Wildman–Crippen LogP) is 4.87. The van der Waals surface area contributed by atoms with Crippen LogP contribution in [0.2, 0.25) is 0 Å². The van der Waals surface area contributed by atoms with Crippen molar-refractivity contribution in [3.05, 3.63) is 29.8 Å². The minimum atomic E-state index is -5.04. The zero-order valence-corrected chi connectivity index (χ0v) is 15.8. The minimum Gasteiger partial charge on any atom is -0.353 e. The monoisotopic (exact) mass is 482 g/mol. The molecule has 5 nitrogen and oxygen atoms in total. The molecule has 0 radical (unpaired) electrons. The molecule has 1 amide bonds. The van der Waals surface area contributed by atoms with Gasteiger partial charge in [0.2, 0.25) is 0 Å². The molecule has 0 saturated heterocycles. The third kappa shape index (κ3) is 7.22. The van der Waals surface area contributed by atoms with Gasteiger partial charge in [0.1, 0.15) is 24.8 Å². The first-order valence-corrected chi connectivity index (χ1v) is 8.64. The number of nitrogens with zero attached hydrogens (tertiary/aromatic N) is 2. The molecule has 1 aromatic heterocycles. The summed E-state index contributed by atoms with van der Waals surface area (Å²) in [7, 11) is 0. The Bertz CT molecular complexity index is 928. The molecule has 172 valence electrons. The van der Waals surface area contributed by atoms with Crippen LogP contribution in [-0.2, 0) is 11.0 Å². The van der Waals surface area contributed by atoms with E-state index in [0.717, 1.165) is 12.1 Å². The van der Waals surface area contributed by atoms with E-state index in [0.29, 0.717) is 12.1 Å². The quantitative estimate of drug-likeness (QED) is 0.351. The van der Waals surface area contributed by atoms with E-state index >= 15 is 0 Å². The molecule has 0 fully saturated rings. The highest BCUT2D eigenvalue weighted by Gasteiger charge is 2.38. The first kappa shape index (κ1) is 24.6. The molecule has 0 unspecified atom stereocenters. The first-order chi connectivity index (χ1) is 14.1. The Kier molecular flexibility index (Phi) is 7.03. The van der Waals surface area contributed by atoms with Crippen molar-refractivity contribution in [2.24, 2.45) is 0 Å². The van der Waals surface area contributed by atoms with Crippen LogP contribution in [0.25, 0.3) is 10.9 Å². The minimum absolute atomic E-state index is 0.132. The lowest BCUT2D eigenvalue weighted by atomic mass is 10.1. The van der Waals surface area contributed by atoms with Gasteiger partial charge >= 0.3 is 18.5 Å². The number of anilines is 2. The second kappa shape index (κ2) is 8.85. The first-order valence-electron chi connectivity index (χ1n) is 8.10. The summed E-state index contributed by atoms with van der Waals surface area (Å²) in [4.78, 5) is 14.8. The molecule has 2 N–H and O–H groups in total. The predicted molar refractivity (Wildman–Crippen MR) is 93.6 cm³/mol. The second-order valence-electron chi connectivity index (χ2n) is 6.15. The zero-order chi connectivity index (χ0) is 23.6. The molecule has 2 rings (SSSR count). The fourth-order valence-electron chi connectivity index (χ4n) is 2.55. The van der Waals surface area contributed by atoms with E-state index in [9.17, 15) is 44.3 Å². The molecule has 2 aromatic rings. The number of amides is 1. The molecule has 15 heteroatoms. The van der Waals surface area contributed by atoms with Crippen LogP contribution >= 0.6 is 11.6 Å². The Morgan fingerprint density at radius 2 is 1.55 bits per heavy atom. The van der Waals surface area contributed by atoms with Gasteiger partial charge in [-0.1, -0.05) is 0 Å². The summed E-state index contributed by atoms with van der Waals surface area (Å²) in [5.74, 6) is -1.78. The van der Waals surface area contributed by atoms with Gasteiger partial charge < -0.3 is 4.90 Å². The van der Waals surface area contributed by atoms with Gasteiger partial charge in [0, 0.05) is 11.1 Å². The molecular weight excluding hydrogens is 471 g/mol. The van der Waals surface area contributed by atoms with Crippen LogP contribution < -0.4 is 15.8 Å². The maximum absolute atomic E-state index is 13.5. The number of carbonyl (C=O) groups excluding carboxylic acids is 1. The molecule has 1 heterocycles. The number of hydrazine groups is 1. The number of alkyl halides is 10. The number of aromatic nitrogens is 1. The van der Waals surface area contributed by atoms with Crippen LogP contribution in [-0.4, -0.2) is 42.2 Å². The fourth-order valence-corrected chi connectivity index (χ4v) is 2.61. The van der Waals surface area contributed by atoms with E-state index < -0.39 is 65.9 Å². The third-order valence-corrected chi connectivity index (χ3v) is 3.90. The second-order valence-corrected chi connectivity index (χ2v) is 6.41. The Hall–Kier alpha value is -2.64. The van der Waals surface area contributed by atoms with Crippen molar-refractivity contribution < 1.29 is 44.3 Å². The number of benzene rings is 1. The summed E-state index contributed by atoms with van der Waals surface area (Å²) in [6, 6.07) is 2.62. The molecule has 0 aliphatic carbocycles. The van der Waals surface area contributed by atoms with Gasteiger partial charge in [-0.3, -0.25) is 15.6 Å². The molecule has 0 atom stereocenters. The average Bonchev–Trinajstić information content (AvgIpc) is 2.61. The summed E-state index contributed by atoms with van der Waals surface area (Å²) in [5, 5.41) is -0.728. The average molecular weight is 483 g/mol. The molecular formula is C16H12ClF9N4O. The van der Waals surface area contributed by atoms with Crippen molar-refractivity contribution in [1.82, 2.24) is 10.4 Å². The number of hydrogen-bond donors (Lipinski definition) is 2. The number of carbonyl (C=O) groups is 1. The van der Waals surface area contributed by atoms with Gasteiger partial charge in [0.25, 0.3) is 5.91 Å². The van der Waals surface area contributed by atoms with Crippen molar-refractivity contribution >= 4 is 39.9 Å². The van der Waals surface area contributed by atoms with Crippen LogP contribution in [0.4, 0.5) is 51.0 Å². The Morgan fingerprint density at radius 1 is 0.968 bits per heavy atom. The van der Waals surface area contributed by atoms with E-state index in [1.54, 1.807) is 0 Å². The molecule has 31 heavy (non-hydrogen) atoms. The number of halogens is 10. The molecule has 0 bridgehead atoms. The van der Waals surface area contributed by atoms with Gasteiger partial charge in [-0.2, -0.15) is 39.5 Å². The van der Waals surface area contributed by atoms with Crippen molar-refractivity contribution in [3.8, 4) is 0 Å². The standard InChI is InChI=1S/C16H12ClF9N4O/c17-5-13(31)29-28-12-4-10(16(24,25)26)9-3-8(1-2-11(9)27-12)30(6-14(18,19)20)7-15(21,22)23/h1-4H,5-7H2,(H,27,28)(H,29,31). The maximum atomic E-state index is 13.5. The maximum Gasteiger partial charge on any atom is 0.417 e. The fraction of sp³-hybridized carbons (Fsp3) is 0.375. The third-order valence-electron chi connectivity index (χ3n) is 3.65. The van der Waals surface area contributed by atoms with Crippen molar-refractivity contribution in [3.63, 3.8) is 0 Å². The normalized spacial score (nSPS) is 12.7. The van der Waals surface area contributed by atoms with Gasteiger partial charge in [-0.05, 0) is 24.3 Å². The van der Waals surface area contributed by atoms with E-state index in [4.69, 9.17) is 11.6 Å². The Labute approximate surface area is 173 Å². The van der Waals surface area contributed by atoms with Crippen LogP contribution in [0.1, 0.15) is 5.56 Å². The summed E-state index contributed by atoms with van der Waals surface area (Å²) in [6.45, 7) is -4.06. The van der Waals surface area contributed by atoms with Gasteiger partial charge in [-0.25, -0.2) is 4.98 Å². The highest BCUT2D eigenvalue weighted by Crippen LogP contribution is 2.38. The number of fused-ring (bicyclic) bond motifs is 1. The number of rotatable bonds is 6. The highest BCUT2D eigenvalue weighted by molar-refractivity contribution is 6.27. The number of hydrogen-bond acceptors (Lipinski definition) is 4. The molecule has 0 spiro atoms. The molecule has 1 aromatic carbocycles. The molecule has 0 aliphatic heterocycles. The summed E-state index contributed by atoms with van der Waals surface area (Å²) in [6.07, 6.45) is -15.1. The number of pyridine rings is 1. The zero-order valence-electron chi connectivity index (χ0n) is 15.0. The largest absolute Gasteiger partial charge is 0.417 e. The lowest BCUT2D eigenvalue weighted by molar-refractivity contribution is -0.138. The van der Waals surface area contributed by atoms with Gasteiger partial charge in [-0.15, -0.1) is 11.6 Å². The lowest BCUT2D eigenvalue weighted by Gasteiger charge is -2.27. The van der Waals surface area contributed by atoms with Crippen LogP contribution in [0.3, 0.4) is 0 Å². The van der Waals surface area contributed by atoms with E-state index in [1.807, 2.05) is 5.43 Å².